The summed E-state index contributed by atoms with van der Waals surface area (Å²) in [4.78, 5) is 27.7. The zero-order valence-corrected chi connectivity index (χ0v) is 13.9. The molecule has 1 fully saturated rings. The highest BCUT2D eigenvalue weighted by Crippen LogP contribution is 2.29. The van der Waals surface area contributed by atoms with Crippen molar-refractivity contribution in [3.8, 4) is 0 Å². The van der Waals surface area contributed by atoms with Gasteiger partial charge in [0.15, 0.2) is 0 Å². The number of carboxylic acid groups (broad SMARTS) is 1. The lowest BCUT2D eigenvalue weighted by atomic mass is 9.85. The van der Waals surface area contributed by atoms with Gasteiger partial charge in [0.05, 0.1) is 17.0 Å². The second-order valence-corrected chi connectivity index (χ2v) is 6.25. The van der Waals surface area contributed by atoms with Crippen LogP contribution in [0.4, 0.5) is 11.5 Å². The molecular weight excluding hydrogens is 324 g/mol. The van der Waals surface area contributed by atoms with E-state index in [4.69, 9.17) is 5.11 Å². The highest BCUT2D eigenvalue weighted by Gasteiger charge is 2.33. The van der Waals surface area contributed by atoms with E-state index in [1.807, 2.05) is 24.0 Å². The van der Waals surface area contributed by atoms with E-state index in [-0.39, 0.29) is 24.3 Å². The number of fused-ring (bicyclic) bond motifs is 1. The molecule has 1 aliphatic carbocycles. The number of aromatic nitrogens is 1. The van der Waals surface area contributed by atoms with Crippen LogP contribution in [0.3, 0.4) is 0 Å². The number of non-ortho nitro benzene ring substituents is 1. The smallest absolute Gasteiger partial charge is 0.317 e. The SMILES string of the molecule is CCN(CC(=O)O)C1CC(Nc2ccc3cc([N+](=O)[O-])ccc3n2)C1. The normalized spacial score (nSPS) is 19.6. The van der Waals surface area contributed by atoms with Crippen molar-refractivity contribution in [1.82, 2.24) is 9.88 Å². The topological polar surface area (TPSA) is 109 Å². The Balaban J connectivity index is 1.62. The van der Waals surface area contributed by atoms with Gasteiger partial charge in [0.2, 0.25) is 0 Å². The van der Waals surface area contributed by atoms with E-state index in [0.717, 1.165) is 30.6 Å². The minimum atomic E-state index is -0.802. The van der Waals surface area contributed by atoms with Gasteiger partial charge in [0, 0.05) is 29.6 Å². The molecule has 3 rings (SSSR count). The average Bonchev–Trinajstić information content (AvgIpc) is 2.55. The molecule has 0 radical (unpaired) electrons. The minimum Gasteiger partial charge on any atom is -0.480 e. The van der Waals surface area contributed by atoms with Crippen LogP contribution in [-0.2, 0) is 4.79 Å². The minimum absolute atomic E-state index is 0.0509. The Labute approximate surface area is 144 Å². The Bertz CT molecular complexity index is 804. The number of hydrogen-bond donors (Lipinski definition) is 2. The molecule has 0 atom stereocenters. The maximum Gasteiger partial charge on any atom is 0.317 e. The van der Waals surface area contributed by atoms with E-state index in [1.54, 1.807) is 6.07 Å². The molecule has 25 heavy (non-hydrogen) atoms. The average molecular weight is 344 g/mol. The molecule has 0 saturated heterocycles. The maximum atomic E-state index is 10.9. The third-order valence-corrected chi connectivity index (χ3v) is 4.61. The third-order valence-electron chi connectivity index (χ3n) is 4.61. The predicted octanol–water partition coefficient (Wildman–Crippen LogP) is 2.49. The lowest BCUT2D eigenvalue weighted by molar-refractivity contribution is -0.384. The zero-order valence-electron chi connectivity index (χ0n) is 13.9. The van der Waals surface area contributed by atoms with Crippen molar-refractivity contribution < 1.29 is 14.8 Å². The number of nitrogens with zero attached hydrogens (tertiary/aromatic N) is 3. The number of nitro benzene ring substituents is 1. The molecule has 1 heterocycles. The summed E-state index contributed by atoms with van der Waals surface area (Å²) in [6, 6.07) is 8.77. The van der Waals surface area contributed by atoms with E-state index in [9.17, 15) is 14.9 Å². The summed E-state index contributed by atoms with van der Waals surface area (Å²) in [5.41, 5.74) is 0.752. The highest BCUT2D eigenvalue weighted by molar-refractivity contribution is 5.82. The van der Waals surface area contributed by atoms with E-state index in [0.29, 0.717) is 5.52 Å². The van der Waals surface area contributed by atoms with Crippen molar-refractivity contribution in [2.24, 2.45) is 0 Å². The summed E-state index contributed by atoms with van der Waals surface area (Å²) in [6.07, 6.45) is 1.75. The fraction of sp³-hybridized carbons (Fsp3) is 0.412. The van der Waals surface area contributed by atoms with Gasteiger partial charge in [-0.3, -0.25) is 19.8 Å². The number of aliphatic carboxylic acids is 1. The standard InChI is InChI=1S/C17H20N4O4/c1-2-20(10-17(22)23)14-8-12(9-14)18-16-6-3-11-7-13(21(24)25)4-5-15(11)19-16/h3-7,12,14H,2,8-10H2,1H3,(H,18,19)(H,22,23). The summed E-state index contributed by atoms with van der Waals surface area (Å²) in [5, 5.41) is 23.8. The van der Waals surface area contributed by atoms with Crippen molar-refractivity contribution in [2.45, 2.75) is 31.8 Å². The first kappa shape index (κ1) is 17.1. The van der Waals surface area contributed by atoms with Crippen LogP contribution in [0.5, 0.6) is 0 Å². The number of carboxylic acids is 1. The number of benzene rings is 1. The number of nitro groups is 1. The van der Waals surface area contributed by atoms with Crippen molar-refractivity contribution in [3.05, 3.63) is 40.4 Å². The lowest BCUT2D eigenvalue weighted by Gasteiger charge is -2.42. The molecule has 0 bridgehead atoms. The molecule has 0 spiro atoms. The fourth-order valence-electron chi connectivity index (χ4n) is 3.19. The number of rotatable bonds is 7. The van der Waals surface area contributed by atoms with Crippen LogP contribution in [0, 0.1) is 10.1 Å². The molecule has 2 N–H and O–H groups in total. The van der Waals surface area contributed by atoms with Crippen molar-refractivity contribution in [1.29, 1.82) is 0 Å². The number of hydrogen-bond acceptors (Lipinski definition) is 6. The molecule has 8 nitrogen and oxygen atoms in total. The summed E-state index contributed by atoms with van der Waals surface area (Å²) < 4.78 is 0. The van der Waals surface area contributed by atoms with Crippen LogP contribution in [0.15, 0.2) is 30.3 Å². The van der Waals surface area contributed by atoms with Gasteiger partial charge in [-0.15, -0.1) is 0 Å². The first-order valence-corrected chi connectivity index (χ1v) is 8.24. The Morgan fingerprint density at radius 1 is 1.40 bits per heavy atom. The summed E-state index contributed by atoms with van der Waals surface area (Å²) in [5.74, 6) is -0.0744. The summed E-state index contributed by atoms with van der Waals surface area (Å²) in [6.45, 7) is 2.76. The van der Waals surface area contributed by atoms with Gasteiger partial charge in [-0.2, -0.15) is 0 Å². The number of carbonyl (C=O) groups is 1. The Hall–Kier alpha value is -2.74. The van der Waals surface area contributed by atoms with Gasteiger partial charge in [-0.1, -0.05) is 6.92 Å². The molecule has 1 aliphatic rings. The molecule has 0 amide bonds. The Kier molecular flexibility index (Phi) is 4.80. The van der Waals surface area contributed by atoms with Gasteiger partial charge in [0.1, 0.15) is 5.82 Å². The number of likely N-dealkylation sites (N-methyl/N-ethyl adjacent to an activating group) is 1. The Morgan fingerprint density at radius 3 is 2.80 bits per heavy atom. The lowest BCUT2D eigenvalue weighted by Crippen LogP contribution is -2.51. The van der Waals surface area contributed by atoms with E-state index in [2.05, 4.69) is 10.3 Å². The first-order chi connectivity index (χ1) is 12.0. The molecule has 0 aliphatic heterocycles. The largest absolute Gasteiger partial charge is 0.480 e. The van der Waals surface area contributed by atoms with Crippen molar-refractivity contribution in [3.63, 3.8) is 0 Å². The quantitative estimate of drug-likeness (QED) is 0.586. The molecule has 8 heteroatoms. The molecule has 1 saturated carbocycles. The van der Waals surface area contributed by atoms with Crippen LogP contribution in [0.25, 0.3) is 10.9 Å². The molecule has 0 unspecified atom stereocenters. The molecular formula is C17H20N4O4. The van der Waals surface area contributed by atoms with E-state index >= 15 is 0 Å². The van der Waals surface area contributed by atoms with Crippen molar-refractivity contribution in [2.75, 3.05) is 18.4 Å². The van der Waals surface area contributed by atoms with Gasteiger partial charge in [-0.25, -0.2) is 4.98 Å². The predicted molar refractivity (Wildman–Crippen MR) is 93.7 cm³/mol. The molecule has 1 aromatic heterocycles. The van der Waals surface area contributed by atoms with Crippen LogP contribution in [-0.4, -0.2) is 51.1 Å². The monoisotopic (exact) mass is 344 g/mol. The fourth-order valence-corrected chi connectivity index (χ4v) is 3.19. The van der Waals surface area contributed by atoms with Gasteiger partial charge in [0.25, 0.3) is 5.69 Å². The van der Waals surface area contributed by atoms with Gasteiger partial charge < -0.3 is 10.4 Å². The van der Waals surface area contributed by atoms with Crippen molar-refractivity contribution >= 4 is 28.4 Å². The second-order valence-electron chi connectivity index (χ2n) is 6.25. The summed E-state index contributed by atoms with van der Waals surface area (Å²) >= 11 is 0. The zero-order chi connectivity index (χ0) is 18.0. The van der Waals surface area contributed by atoms with Crippen LogP contribution in [0.2, 0.25) is 0 Å². The summed E-state index contributed by atoms with van der Waals surface area (Å²) in [7, 11) is 0. The van der Waals surface area contributed by atoms with Crippen LogP contribution in [0.1, 0.15) is 19.8 Å². The van der Waals surface area contributed by atoms with Crippen LogP contribution >= 0.6 is 0 Å². The molecule has 1 aromatic carbocycles. The van der Waals surface area contributed by atoms with E-state index in [1.165, 1.54) is 12.1 Å². The number of anilines is 1. The Morgan fingerprint density at radius 2 is 2.16 bits per heavy atom. The van der Waals surface area contributed by atoms with Gasteiger partial charge in [-0.05, 0) is 37.6 Å². The molecule has 132 valence electrons. The second kappa shape index (κ2) is 7.02. The third kappa shape index (κ3) is 3.85. The van der Waals surface area contributed by atoms with Crippen LogP contribution < -0.4 is 5.32 Å². The maximum absolute atomic E-state index is 10.9. The number of nitrogens with one attached hydrogen (secondary N) is 1. The van der Waals surface area contributed by atoms with Gasteiger partial charge >= 0.3 is 5.97 Å². The molecule has 2 aromatic rings. The number of pyridine rings is 1. The first-order valence-electron chi connectivity index (χ1n) is 8.24. The highest BCUT2D eigenvalue weighted by atomic mass is 16.6. The van der Waals surface area contributed by atoms with E-state index < -0.39 is 10.9 Å².